The molecule has 0 aromatic heterocycles. The summed E-state index contributed by atoms with van der Waals surface area (Å²) in [7, 11) is 0. The molecule has 1 unspecified atom stereocenters. The normalized spacial score (nSPS) is 16.5. The van der Waals surface area contributed by atoms with Gasteiger partial charge in [0.2, 0.25) is 5.91 Å². The maximum absolute atomic E-state index is 12.7. The highest BCUT2D eigenvalue weighted by Crippen LogP contribution is 2.26. The van der Waals surface area contributed by atoms with Gasteiger partial charge in [0, 0.05) is 29.7 Å². The van der Waals surface area contributed by atoms with E-state index in [2.05, 4.69) is 0 Å². The number of hydrogen-bond acceptors (Lipinski definition) is 2. The molecule has 2 aromatic rings. The first-order valence-electron chi connectivity index (χ1n) is 8.51. The fourth-order valence-electron chi connectivity index (χ4n) is 3.44. The SMILES string of the molecule is Cl.Nc1ccccc1CCC(=O)N1CCCC1Cc1ccccc1Cl. The Morgan fingerprint density at radius 1 is 1.12 bits per heavy atom. The van der Waals surface area contributed by atoms with E-state index in [9.17, 15) is 4.79 Å². The minimum atomic E-state index is 0. The van der Waals surface area contributed by atoms with Gasteiger partial charge in [0.1, 0.15) is 0 Å². The summed E-state index contributed by atoms with van der Waals surface area (Å²) in [6, 6.07) is 15.9. The predicted molar refractivity (Wildman–Crippen MR) is 106 cm³/mol. The van der Waals surface area contributed by atoms with Crippen LogP contribution in [0.3, 0.4) is 0 Å². The highest BCUT2D eigenvalue weighted by Gasteiger charge is 2.28. The molecule has 3 rings (SSSR count). The summed E-state index contributed by atoms with van der Waals surface area (Å²) in [5.74, 6) is 0.216. The van der Waals surface area contributed by atoms with Gasteiger partial charge in [0.25, 0.3) is 0 Å². The molecule has 2 aromatic carbocycles. The monoisotopic (exact) mass is 378 g/mol. The van der Waals surface area contributed by atoms with Crippen LogP contribution in [-0.2, 0) is 17.6 Å². The largest absolute Gasteiger partial charge is 0.399 e. The van der Waals surface area contributed by atoms with Crippen molar-refractivity contribution in [3.05, 3.63) is 64.7 Å². The van der Waals surface area contributed by atoms with Crippen molar-refractivity contribution in [3.63, 3.8) is 0 Å². The van der Waals surface area contributed by atoms with E-state index in [0.717, 1.165) is 47.6 Å². The van der Waals surface area contributed by atoms with Crippen molar-refractivity contribution in [1.82, 2.24) is 4.90 Å². The third kappa shape index (κ3) is 4.90. The van der Waals surface area contributed by atoms with Crippen molar-refractivity contribution in [3.8, 4) is 0 Å². The molecule has 1 saturated heterocycles. The van der Waals surface area contributed by atoms with Gasteiger partial charge in [0.15, 0.2) is 0 Å². The van der Waals surface area contributed by atoms with E-state index < -0.39 is 0 Å². The number of benzene rings is 2. The first-order chi connectivity index (χ1) is 11.6. The average Bonchev–Trinajstić information content (AvgIpc) is 3.04. The number of hydrogen-bond donors (Lipinski definition) is 1. The summed E-state index contributed by atoms with van der Waals surface area (Å²) < 4.78 is 0. The van der Waals surface area contributed by atoms with E-state index in [0.29, 0.717) is 12.8 Å². The molecule has 25 heavy (non-hydrogen) atoms. The number of carbonyl (C=O) groups excluding carboxylic acids is 1. The molecule has 1 aliphatic heterocycles. The zero-order valence-corrected chi connectivity index (χ0v) is 15.7. The zero-order chi connectivity index (χ0) is 16.9. The Morgan fingerprint density at radius 2 is 1.80 bits per heavy atom. The average molecular weight is 379 g/mol. The fourth-order valence-corrected chi connectivity index (χ4v) is 3.65. The smallest absolute Gasteiger partial charge is 0.223 e. The highest BCUT2D eigenvalue weighted by atomic mass is 35.5. The fraction of sp³-hybridized carbons (Fsp3) is 0.350. The molecule has 2 N–H and O–H groups in total. The molecular formula is C20H24Cl2N2O. The number of anilines is 1. The molecule has 1 amide bonds. The molecule has 0 bridgehead atoms. The number of nitrogens with zero attached hydrogens (tertiary/aromatic N) is 1. The number of halogens is 2. The van der Waals surface area contributed by atoms with Crippen molar-refractivity contribution in [2.45, 2.75) is 38.1 Å². The maximum Gasteiger partial charge on any atom is 0.223 e. The maximum atomic E-state index is 12.7. The summed E-state index contributed by atoms with van der Waals surface area (Å²) in [5, 5.41) is 0.786. The molecule has 1 atom stereocenters. The van der Waals surface area contributed by atoms with Gasteiger partial charge >= 0.3 is 0 Å². The molecule has 1 fully saturated rings. The van der Waals surface area contributed by atoms with Crippen molar-refractivity contribution in [1.29, 1.82) is 0 Å². The Labute approximate surface area is 160 Å². The Morgan fingerprint density at radius 3 is 2.52 bits per heavy atom. The van der Waals surface area contributed by atoms with E-state index >= 15 is 0 Å². The molecule has 1 aliphatic rings. The molecule has 0 saturated carbocycles. The van der Waals surface area contributed by atoms with Gasteiger partial charge in [-0.1, -0.05) is 48.0 Å². The van der Waals surface area contributed by atoms with Crippen LogP contribution in [-0.4, -0.2) is 23.4 Å². The van der Waals surface area contributed by atoms with E-state index in [1.165, 1.54) is 0 Å². The van der Waals surface area contributed by atoms with Gasteiger partial charge in [-0.05, 0) is 48.9 Å². The summed E-state index contributed by atoms with van der Waals surface area (Å²) in [5.41, 5.74) is 8.90. The van der Waals surface area contributed by atoms with E-state index in [1.807, 2.05) is 53.4 Å². The minimum Gasteiger partial charge on any atom is -0.399 e. The van der Waals surface area contributed by atoms with Crippen LogP contribution in [0.25, 0.3) is 0 Å². The number of rotatable bonds is 5. The molecule has 5 heteroatoms. The van der Waals surface area contributed by atoms with E-state index in [1.54, 1.807) is 0 Å². The quantitative estimate of drug-likeness (QED) is 0.777. The minimum absolute atomic E-state index is 0. The Kier molecular flexibility index (Phi) is 7.15. The molecule has 0 spiro atoms. The number of nitrogen functional groups attached to an aromatic ring is 1. The van der Waals surface area contributed by atoms with Crippen molar-refractivity contribution < 1.29 is 4.79 Å². The number of amides is 1. The lowest BCUT2D eigenvalue weighted by molar-refractivity contribution is -0.131. The van der Waals surface area contributed by atoms with Crippen molar-refractivity contribution in [2.24, 2.45) is 0 Å². The van der Waals surface area contributed by atoms with E-state index in [4.69, 9.17) is 17.3 Å². The number of para-hydroxylation sites is 1. The highest BCUT2D eigenvalue weighted by molar-refractivity contribution is 6.31. The van der Waals surface area contributed by atoms with Crippen LogP contribution >= 0.6 is 24.0 Å². The van der Waals surface area contributed by atoms with Crippen molar-refractivity contribution in [2.75, 3.05) is 12.3 Å². The Hall–Kier alpha value is -1.71. The molecule has 3 nitrogen and oxygen atoms in total. The molecule has 134 valence electrons. The third-order valence-corrected chi connectivity index (χ3v) is 5.14. The topological polar surface area (TPSA) is 46.3 Å². The van der Waals surface area contributed by atoms with Crippen LogP contribution in [0, 0.1) is 0 Å². The van der Waals surface area contributed by atoms with Crippen LogP contribution < -0.4 is 5.73 Å². The number of aryl methyl sites for hydroxylation is 1. The number of nitrogens with two attached hydrogens (primary N) is 1. The van der Waals surface area contributed by atoms with Crippen molar-refractivity contribution >= 4 is 35.6 Å². The molecular weight excluding hydrogens is 355 g/mol. The van der Waals surface area contributed by atoms with Gasteiger partial charge < -0.3 is 10.6 Å². The standard InChI is InChI=1S/C20H23ClN2O.ClH/c21-18-9-3-1-7-16(18)14-17-8-5-13-23(17)20(24)12-11-15-6-2-4-10-19(15)22;/h1-4,6-7,9-10,17H,5,8,11-14,22H2;1H. The molecule has 0 radical (unpaired) electrons. The second kappa shape index (κ2) is 9.12. The summed E-state index contributed by atoms with van der Waals surface area (Å²) in [6.07, 6.45) is 4.14. The van der Waals surface area contributed by atoms with Crippen LogP contribution in [0.4, 0.5) is 5.69 Å². The first-order valence-corrected chi connectivity index (χ1v) is 8.89. The van der Waals surface area contributed by atoms with Gasteiger partial charge in [-0.25, -0.2) is 0 Å². The third-order valence-electron chi connectivity index (χ3n) is 4.77. The second-order valence-corrected chi connectivity index (χ2v) is 6.78. The molecule has 1 heterocycles. The van der Waals surface area contributed by atoms with Crippen LogP contribution in [0.5, 0.6) is 0 Å². The van der Waals surface area contributed by atoms with Gasteiger partial charge in [-0.2, -0.15) is 0 Å². The predicted octanol–water partition coefficient (Wildman–Crippen LogP) is 4.51. The summed E-state index contributed by atoms with van der Waals surface area (Å²) >= 11 is 6.27. The number of carbonyl (C=O) groups is 1. The number of likely N-dealkylation sites (tertiary alicyclic amines) is 1. The van der Waals surface area contributed by atoms with Crippen LogP contribution in [0.1, 0.15) is 30.4 Å². The Bertz CT molecular complexity index is 720. The summed E-state index contributed by atoms with van der Waals surface area (Å²) in [4.78, 5) is 14.7. The first kappa shape index (κ1) is 19.6. The van der Waals surface area contributed by atoms with Gasteiger partial charge in [0.05, 0.1) is 0 Å². The Balaban J connectivity index is 0.00000225. The van der Waals surface area contributed by atoms with Crippen LogP contribution in [0.15, 0.2) is 48.5 Å². The van der Waals surface area contributed by atoms with Gasteiger partial charge in [-0.15, -0.1) is 12.4 Å². The second-order valence-electron chi connectivity index (χ2n) is 6.38. The van der Waals surface area contributed by atoms with Gasteiger partial charge in [-0.3, -0.25) is 4.79 Å². The van der Waals surface area contributed by atoms with Crippen LogP contribution in [0.2, 0.25) is 5.02 Å². The zero-order valence-electron chi connectivity index (χ0n) is 14.2. The van der Waals surface area contributed by atoms with E-state index in [-0.39, 0.29) is 24.4 Å². The lowest BCUT2D eigenvalue weighted by Gasteiger charge is -2.25. The lowest BCUT2D eigenvalue weighted by atomic mass is 10.0. The summed E-state index contributed by atoms with van der Waals surface area (Å²) in [6.45, 7) is 0.845. The molecule has 0 aliphatic carbocycles. The lowest BCUT2D eigenvalue weighted by Crippen LogP contribution is -2.37.